The molecule has 0 aliphatic rings. The second-order valence-corrected chi connectivity index (χ2v) is 12.4. The number of rotatable bonds is 11. The van der Waals surface area contributed by atoms with Gasteiger partial charge in [0.05, 0.1) is 22.2 Å². The van der Waals surface area contributed by atoms with Crippen molar-refractivity contribution in [3.63, 3.8) is 0 Å². The molecular weight excluding hydrogens is 635 g/mol. The van der Waals surface area contributed by atoms with E-state index >= 15 is 13.2 Å². The molecule has 256 valence electrons. The van der Waals surface area contributed by atoms with E-state index in [-0.39, 0.29) is 34.0 Å². The zero-order chi connectivity index (χ0) is 35.8. The van der Waals surface area contributed by atoms with Gasteiger partial charge >= 0.3 is 5.97 Å². The van der Waals surface area contributed by atoms with Crippen LogP contribution in [0.3, 0.4) is 0 Å². The third-order valence-corrected chi connectivity index (χ3v) is 8.59. The van der Waals surface area contributed by atoms with Crippen LogP contribution in [-0.2, 0) is 24.2 Å². The summed E-state index contributed by atoms with van der Waals surface area (Å²) in [5.74, 6) is -6.48. The summed E-state index contributed by atoms with van der Waals surface area (Å²) < 4.78 is 47.6. The van der Waals surface area contributed by atoms with Crippen LogP contribution in [0.15, 0.2) is 65.6 Å². The van der Waals surface area contributed by atoms with Crippen molar-refractivity contribution in [3.05, 3.63) is 99.2 Å². The van der Waals surface area contributed by atoms with Crippen molar-refractivity contribution in [2.75, 3.05) is 30.9 Å². The molecule has 0 fully saturated rings. The van der Waals surface area contributed by atoms with Gasteiger partial charge in [0.1, 0.15) is 11.9 Å². The fourth-order valence-corrected chi connectivity index (χ4v) is 6.18. The van der Waals surface area contributed by atoms with Gasteiger partial charge in [0.15, 0.2) is 0 Å². The van der Waals surface area contributed by atoms with E-state index in [2.05, 4.69) is 15.6 Å². The molecule has 0 bridgehead atoms. The minimum absolute atomic E-state index is 0.152. The van der Waals surface area contributed by atoms with E-state index in [1.807, 2.05) is 6.92 Å². The zero-order valence-electron chi connectivity index (χ0n) is 28.1. The Morgan fingerprint density at radius 3 is 2.45 bits per heavy atom. The molecule has 9 nitrogen and oxygen atoms in total. The average Bonchev–Trinajstić information content (AvgIpc) is 3.04. The molecule has 49 heavy (non-hydrogen) atoms. The molecule has 1 amide bonds. The number of carbonyl (C=O) groups excluding carboxylic acids is 1. The lowest BCUT2D eigenvalue weighted by atomic mass is 9.90. The Morgan fingerprint density at radius 2 is 1.82 bits per heavy atom. The molecule has 2 heterocycles. The predicted octanol–water partition coefficient (Wildman–Crippen LogP) is 6.63. The fraction of sp³-hybridized carbons (Fsp3) is 0.297. The lowest BCUT2D eigenvalue weighted by Gasteiger charge is -2.23. The van der Waals surface area contributed by atoms with Crippen LogP contribution in [-0.4, -0.2) is 53.2 Å². The van der Waals surface area contributed by atoms with E-state index in [0.717, 1.165) is 13.3 Å². The number of hydrogen-bond acceptors (Lipinski definition) is 6. The molecule has 0 saturated heterocycles. The van der Waals surface area contributed by atoms with Crippen LogP contribution >= 0.6 is 0 Å². The maximum Gasteiger partial charge on any atom is 0.326 e. The summed E-state index contributed by atoms with van der Waals surface area (Å²) in [4.78, 5) is 45.8. The lowest BCUT2D eigenvalue weighted by Crippen LogP contribution is -2.43. The highest BCUT2D eigenvalue weighted by Crippen LogP contribution is 2.41. The van der Waals surface area contributed by atoms with Gasteiger partial charge in [0.25, 0.3) is 17.4 Å². The summed E-state index contributed by atoms with van der Waals surface area (Å²) in [6.07, 6.45) is 2.03. The van der Waals surface area contributed by atoms with Crippen molar-refractivity contribution in [1.29, 1.82) is 0 Å². The highest BCUT2D eigenvalue weighted by molar-refractivity contribution is 6.01. The van der Waals surface area contributed by atoms with Crippen LogP contribution in [0.25, 0.3) is 32.9 Å². The molecule has 0 spiro atoms. The SMILES string of the molecule is CCCNc1cc(C)c(C(=O)N[C@@H](Cc2ccc(-c3c(C(C)(F)F)c4cc(N(C)C)ccc4n(C)c3=O)c3ncccc23)C(=O)O)c(F)c1. The number of aromatic nitrogens is 2. The number of aryl methyl sites for hydroxylation is 2. The topological polar surface area (TPSA) is 117 Å². The summed E-state index contributed by atoms with van der Waals surface area (Å²) in [5.41, 5.74) is 1.04. The fourth-order valence-electron chi connectivity index (χ4n) is 6.18. The number of halogens is 3. The number of hydrogen-bond donors (Lipinski definition) is 3. The molecule has 3 aromatic carbocycles. The molecule has 12 heteroatoms. The Hall–Kier alpha value is -5.39. The largest absolute Gasteiger partial charge is 0.480 e. The maximum atomic E-state index is 15.6. The van der Waals surface area contributed by atoms with Crippen LogP contribution < -0.4 is 21.1 Å². The minimum atomic E-state index is -3.43. The molecular formula is C37H38F3N5O4. The summed E-state index contributed by atoms with van der Waals surface area (Å²) in [6.45, 7) is 4.89. The van der Waals surface area contributed by atoms with Gasteiger partial charge in [-0.2, -0.15) is 0 Å². The number of nitrogens with one attached hydrogen (secondary N) is 2. The lowest BCUT2D eigenvalue weighted by molar-refractivity contribution is -0.139. The second kappa shape index (κ2) is 13.6. The third-order valence-electron chi connectivity index (χ3n) is 8.59. The number of amides is 1. The van der Waals surface area contributed by atoms with E-state index in [1.54, 1.807) is 68.4 Å². The minimum Gasteiger partial charge on any atom is -0.480 e. The number of carboxylic acid groups (broad SMARTS) is 1. The number of fused-ring (bicyclic) bond motifs is 2. The van der Waals surface area contributed by atoms with Crippen molar-refractivity contribution < 1.29 is 27.9 Å². The maximum absolute atomic E-state index is 15.6. The molecule has 0 aliphatic carbocycles. The number of carboxylic acids is 1. The van der Waals surface area contributed by atoms with Crippen molar-refractivity contribution in [2.45, 2.75) is 45.6 Å². The van der Waals surface area contributed by atoms with Crippen LogP contribution in [0.1, 0.15) is 47.3 Å². The second-order valence-electron chi connectivity index (χ2n) is 12.4. The normalized spacial score (nSPS) is 12.3. The number of anilines is 2. The van der Waals surface area contributed by atoms with Crippen LogP contribution in [0.5, 0.6) is 0 Å². The molecule has 1 atom stereocenters. The summed E-state index contributed by atoms with van der Waals surface area (Å²) >= 11 is 0. The van der Waals surface area contributed by atoms with Crippen LogP contribution in [0.2, 0.25) is 0 Å². The van der Waals surface area contributed by atoms with Crippen molar-refractivity contribution in [2.24, 2.45) is 7.05 Å². The van der Waals surface area contributed by atoms with E-state index in [0.29, 0.717) is 39.9 Å². The molecule has 2 aromatic heterocycles. The quantitative estimate of drug-likeness (QED) is 0.144. The van der Waals surface area contributed by atoms with Gasteiger partial charge in [-0.3, -0.25) is 14.6 Å². The molecule has 0 aliphatic heterocycles. The number of aliphatic carboxylic acids is 1. The van der Waals surface area contributed by atoms with Gasteiger partial charge in [-0.05, 0) is 60.9 Å². The van der Waals surface area contributed by atoms with E-state index < -0.39 is 40.8 Å². The van der Waals surface area contributed by atoms with Gasteiger partial charge in [-0.1, -0.05) is 25.1 Å². The molecule has 5 aromatic rings. The average molecular weight is 674 g/mol. The predicted molar refractivity (Wildman–Crippen MR) is 186 cm³/mol. The van der Waals surface area contributed by atoms with Crippen LogP contribution in [0.4, 0.5) is 24.5 Å². The first kappa shape index (κ1) is 34.9. The van der Waals surface area contributed by atoms with E-state index in [1.165, 1.54) is 29.9 Å². The number of carbonyl (C=O) groups is 2. The first-order chi connectivity index (χ1) is 23.1. The Kier molecular flexibility index (Phi) is 9.71. The van der Waals surface area contributed by atoms with Crippen molar-refractivity contribution in [1.82, 2.24) is 14.9 Å². The number of nitrogens with zero attached hydrogens (tertiary/aromatic N) is 3. The number of alkyl halides is 2. The third kappa shape index (κ3) is 6.81. The Morgan fingerprint density at radius 1 is 1.08 bits per heavy atom. The smallest absolute Gasteiger partial charge is 0.326 e. The number of benzene rings is 3. The van der Waals surface area contributed by atoms with Crippen molar-refractivity contribution >= 4 is 45.1 Å². The van der Waals surface area contributed by atoms with E-state index in [9.17, 15) is 19.5 Å². The standard InChI is InChI=1S/C37H38F3N5O4/c1-7-14-41-22-16-20(2)30(27(38)18-22)34(46)43-28(36(48)49)17-21-10-12-25(33-24(21)9-8-15-42-33)31-32(37(3,39)40)26-19-23(44(4)5)11-13-29(26)45(6)35(31)47/h8-13,15-16,18-19,28,41H,7,14,17H2,1-6H3,(H,43,46)(H,48,49)/t28-/m0/s1. The van der Waals surface area contributed by atoms with Gasteiger partial charge in [0, 0.05) is 80.5 Å². The Bertz CT molecular complexity index is 2130. The summed E-state index contributed by atoms with van der Waals surface area (Å²) in [5, 5.41) is 16.2. The van der Waals surface area contributed by atoms with Crippen molar-refractivity contribution in [3.8, 4) is 11.1 Å². The van der Waals surface area contributed by atoms with Gasteiger partial charge in [0.2, 0.25) is 0 Å². The van der Waals surface area contributed by atoms with Gasteiger partial charge in [-0.25, -0.2) is 18.0 Å². The van der Waals surface area contributed by atoms with Gasteiger partial charge < -0.3 is 25.2 Å². The highest BCUT2D eigenvalue weighted by atomic mass is 19.3. The zero-order valence-corrected chi connectivity index (χ0v) is 28.1. The Labute approximate surface area is 281 Å². The monoisotopic (exact) mass is 673 g/mol. The number of pyridine rings is 2. The van der Waals surface area contributed by atoms with E-state index in [4.69, 9.17) is 0 Å². The summed E-state index contributed by atoms with van der Waals surface area (Å²) in [6, 6.07) is 12.6. The van der Waals surface area contributed by atoms with Gasteiger partial charge in [-0.15, -0.1) is 0 Å². The summed E-state index contributed by atoms with van der Waals surface area (Å²) in [7, 11) is 5.09. The van der Waals surface area contributed by atoms with Crippen LogP contribution in [0, 0.1) is 12.7 Å². The first-order valence-corrected chi connectivity index (χ1v) is 15.8. The Balaban J connectivity index is 1.61. The molecule has 0 radical (unpaired) electrons. The molecule has 3 N–H and O–H groups in total. The first-order valence-electron chi connectivity index (χ1n) is 15.8. The molecule has 5 rings (SSSR count). The highest BCUT2D eigenvalue weighted by Gasteiger charge is 2.35. The molecule has 0 unspecified atom stereocenters. The molecule has 0 saturated carbocycles.